The molecule has 2 atom stereocenters. The summed E-state index contributed by atoms with van der Waals surface area (Å²) in [7, 11) is 0. The number of furan rings is 1. The molecule has 0 radical (unpaired) electrons. The third kappa shape index (κ3) is 2.97. The van der Waals surface area contributed by atoms with Gasteiger partial charge in [0.2, 0.25) is 0 Å². The van der Waals surface area contributed by atoms with Crippen molar-refractivity contribution in [3.8, 4) is 0 Å². The topological polar surface area (TPSA) is 59.8 Å². The van der Waals surface area contributed by atoms with E-state index in [0.29, 0.717) is 42.2 Å². The molecule has 2 aliphatic rings. The molecule has 0 N–H and O–H groups in total. The number of carbonyl (C=O) groups is 2. The lowest BCUT2D eigenvalue weighted by Crippen LogP contribution is -2.46. The highest BCUT2D eigenvalue weighted by Gasteiger charge is 2.34. The predicted octanol–water partition coefficient (Wildman–Crippen LogP) is 3.71. The fourth-order valence-corrected chi connectivity index (χ4v) is 3.97. The molecule has 2 aromatic rings. The van der Waals surface area contributed by atoms with Crippen LogP contribution in [0.2, 0.25) is 0 Å². The molecule has 0 saturated carbocycles. The molecule has 2 unspecified atom stereocenters. The first-order chi connectivity index (χ1) is 12.5. The van der Waals surface area contributed by atoms with Crippen LogP contribution >= 0.6 is 0 Å². The summed E-state index contributed by atoms with van der Waals surface area (Å²) >= 11 is 0. The van der Waals surface area contributed by atoms with Crippen molar-refractivity contribution in [1.82, 2.24) is 4.90 Å². The lowest BCUT2D eigenvalue weighted by molar-refractivity contribution is -0.0697. The summed E-state index contributed by atoms with van der Waals surface area (Å²) in [6, 6.07) is 9.94. The van der Waals surface area contributed by atoms with E-state index < -0.39 is 0 Å². The number of benzene rings is 1. The predicted molar refractivity (Wildman–Crippen MR) is 96.3 cm³/mol. The van der Waals surface area contributed by atoms with Crippen molar-refractivity contribution in [3.63, 3.8) is 0 Å². The standard InChI is InChI=1S/C21H23NO4/c1-13-11-22(12-18(25-13)15-7-4-3-5-8-15)21(24)20-14(2)19-16(23)9-6-10-17(19)26-20/h3-5,7-8,13,18H,6,9-12H2,1-2H3. The highest BCUT2D eigenvalue weighted by atomic mass is 16.5. The average molecular weight is 353 g/mol. The number of carbonyl (C=O) groups excluding carboxylic acids is 2. The Bertz CT molecular complexity index is 839. The number of morpholine rings is 1. The quantitative estimate of drug-likeness (QED) is 0.826. The molecule has 0 bridgehead atoms. The number of nitrogens with zero attached hydrogens (tertiary/aromatic N) is 1. The second-order valence-corrected chi connectivity index (χ2v) is 7.19. The van der Waals surface area contributed by atoms with Crippen molar-refractivity contribution < 1.29 is 18.7 Å². The van der Waals surface area contributed by atoms with Crippen molar-refractivity contribution >= 4 is 11.7 Å². The van der Waals surface area contributed by atoms with Crippen LogP contribution in [0.25, 0.3) is 0 Å². The Morgan fingerprint density at radius 3 is 2.65 bits per heavy atom. The van der Waals surface area contributed by atoms with Crippen molar-refractivity contribution in [3.05, 3.63) is 58.5 Å². The minimum absolute atomic E-state index is 0.0653. The number of amides is 1. The van der Waals surface area contributed by atoms with E-state index in [4.69, 9.17) is 9.15 Å². The van der Waals surface area contributed by atoms with E-state index in [1.54, 1.807) is 4.90 Å². The molecule has 1 aliphatic heterocycles. The van der Waals surface area contributed by atoms with Crippen LogP contribution in [0.3, 0.4) is 0 Å². The van der Waals surface area contributed by atoms with Gasteiger partial charge in [0, 0.05) is 24.9 Å². The summed E-state index contributed by atoms with van der Waals surface area (Å²) in [6.07, 6.45) is 1.82. The molecule has 1 saturated heterocycles. The average Bonchev–Trinajstić information content (AvgIpc) is 2.99. The van der Waals surface area contributed by atoms with Gasteiger partial charge in [0.15, 0.2) is 11.5 Å². The van der Waals surface area contributed by atoms with Crippen LogP contribution in [-0.4, -0.2) is 35.8 Å². The zero-order chi connectivity index (χ0) is 18.3. The van der Waals surface area contributed by atoms with Gasteiger partial charge in [0.25, 0.3) is 5.91 Å². The summed E-state index contributed by atoms with van der Waals surface area (Å²) in [5.41, 5.74) is 2.37. The first kappa shape index (κ1) is 17.0. The fraction of sp³-hybridized carbons (Fsp3) is 0.429. The van der Waals surface area contributed by atoms with E-state index in [9.17, 15) is 9.59 Å². The van der Waals surface area contributed by atoms with Gasteiger partial charge in [-0.1, -0.05) is 30.3 Å². The molecule has 2 heterocycles. The zero-order valence-corrected chi connectivity index (χ0v) is 15.2. The molecular weight excluding hydrogens is 330 g/mol. The van der Waals surface area contributed by atoms with Crippen molar-refractivity contribution in [2.75, 3.05) is 13.1 Å². The summed E-state index contributed by atoms with van der Waals surface area (Å²) in [4.78, 5) is 27.1. The van der Waals surface area contributed by atoms with E-state index in [1.165, 1.54) is 0 Å². The molecule has 4 rings (SSSR count). The van der Waals surface area contributed by atoms with Gasteiger partial charge in [-0.25, -0.2) is 0 Å². The van der Waals surface area contributed by atoms with Gasteiger partial charge in [-0.05, 0) is 25.8 Å². The monoisotopic (exact) mass is 353 g/mol. The number of Topliss-reactive ketones (excluding diaryl/α,β-unsaturated/α-hetero) is 1. The van der Waals surface area contributed by atoms with Gasteiger partial charge in [0.05, 0.1) is 18.2 Å². The zero-order valence-electron chi connectivity index (χ0n) is 15.2. The third-order valence-corrected chi connectivity index (χ3v) is 5.22. The Balaban J connectivity index is 1.61. The maximum absolute atomic E-state index is 13.1. The highest BCUT2D eigenvalue weighted by molar-refractivity contribution is 6.03. The normalized spacial score (nSPS) is 23.0. The first-order valence-corrected chi connectivity index (χ1v) is 9.19. The van der Waals surface area contributed by atoms with E-state index in [0.717, 1.165) is 18.4 Å². The van der Waals surface area contributed by atoms with Crippen LogP contribution in [0, 0.1) is 6.92 Å². The first-order valence-electron chi connectivity index (χ1n) is 9.19. The maximum Gasteiger partial charge on any atom is 0.290 e. The van der Waals surface area contributed by atoms with Gasteiger partial charge in [-0.15, -0.1) is 0 Å². The van der Waals surface area contributed by atoms with Crippen molar-refractivity contribution in [1.29, 1.82) is 0 Å². The van der Waals surface area contributed by atoms with Crippen LogP contribution in [0.5, 0.6) is 0 Å². The van der Waals surface area contributed by atoms with Crippen LogP contribution in [0.15, 0.2) is 34.7 Å². The van der Waals surface area contributed by atoms with Crippen LogP contribution in [0.1, 0.15) is 63.7 Å². The Kier molecular flexibility index (Phi) is 4.41. The smallest absolute Gasteiger partial charge is 0.290 e. The second-order valence-electron chi connectivity index (χ2n) is 7.19. The number of aryl methyl sites for hydroxylation is 1. The molecule has 1 aromatic heterocycles. The Labute approximate surface area is 152 Å². The number of rotatable bonds is 2. The molecular formula is C21H23NO4. The largest absolute Gasteiger partial charge is 0.455 e. The molecule has 1 amide bonds. The van der Waals surface area contributed by atoms with E-state index in [2.05, 4.69) is 0 Å². The number of ether oxygens (including phenoxy) is 1. The van der Waals surface area contributed by atoms with Crippen LogP contribution in [0.4, 0.5) is 0 Å². The SMILES string of the molecule is Cc1c(C(=O)N2CC(C)OC(c3ccccc3)C2)oc2c1C(=O)CCC2. The molecule has 1 aliphatic carbocycles. The van der Waals surface area contributed by atoms with Gasteiger partial charge >= 0.3 is 0 Å². The number of fused-ring (bicyclic) bond motifs is 1. The molecule has 26 heavy (non-hydrogen) atoms. The van der Waals surface area contributed by atoms with Crippen molar-refractivity contribution in [2.24, 2.45) is 0 Å². The Hall–Kier alpha value is -2.40. The molecule has 0 spiro atoms. The lowest BCUT2D eigenvalue weighted by atomic mass is 9.94. The van der Waals surface area contributed by atoms with E-state index in [1.807, 2.05) is 44.2 Å². The minimum Gasteiger partial charge on any atom is -0.455 e. The number of hydrogen-bond donors (Lipinski definition) is 0. The van der Waals surface area contributed by atoms with Gasteiger partial charge in [-0.3, -0.25) is 9.59 Å². The van der Waals surface area contributed by atoms with Gasteiger partial charge < -0.3 is 14.1 Å². The Morgan fingerprint density at radius 1 is 1.15 bits per heavy atom. The Morgan fingerprint density at radius 2 is 1.92 bits per heavy atom. The minimum atomic E-state index is -0.157. The van der Waals surface area contributed by atoms with Gasteiger partial charge in [0.1, 0.15) is 11.9 Å². The molecule has 1 fully saturated rings. The van der Waals surface area contributed by atoms with Crippen molar-refractivity contribution in [2.45, 2.75) is 45.3 Å². The summed E-state index contributed by atoms with van der Waals surface area (Å²) < 4.78 is 11.9. The summed E-state index contributed by atoms with van der Waals surface area (Å²) in [5, 5.41) is 0. The fourth-order valence-electron chi connectivity index (χ4n) is 3.97. The van der Waals surface area contributed by atoms with Crippen LogP contribution in [-0.2, 0) is 11.2 Å². The molecule has 1 aromatic carbocycles. The lowest BCUT2D eigenvalue weighted by Gasteiger charge is -2.36. The summed E-state index contributed by atoms with van der Waals surface area (Å²) in [6.45, 7) is 4.78. The third-order valence-electron chi connectivity index (χ3n) is 5.22. The van der Waals surface area contributed by atoms with Crippen LogP contribution < -0.4 is 0 Å². The highest BCUT2D eigenvalue weighted by Crippen LogP contribution is 2.32. The number of ketones is 1. The second kappa shape index (κ2) is 6.72. The van der Waals surface area contributed by atoms with E-state index >= 15 is 0 Å². The maximum atomic E-state index is 13.1. The molecule has 136 valence electrons. The van der Waals surface area contributed by atoms with E-state index in [-0.39, 0.29) is 23.9 Å². The van der Waals surface area contributed by atoms with Gasteiger partial charge in [-0.2, -0.15) is 0 Å². The summed E-state index contributed by atoms with van der Waals surface area (Å²) in [5.74, 6) is 0.916. The molecule has 5 nitrogen and oxygen atoms in total. The molecule has 5 heteroatoms. The number of hydrogen-bond acceptors (Lipinski definition) is 4.